The Kier molecular flexibility index (Phi) is 4.79. The predicted octanol–water partition coefficient (Wildman–Crippen LogP) is 2.30. The van der Waals surface area contributed by atoms with Crippen molar-refractivity contribution in [3.63, 3.8) is 0 Å². The van der Waals surface area contributed by atoms with Crippen molar-refractivity contribution in [1.82, 2.24) is 10.2 Å². The first-order valence-corrected chi connectivity index (χ1v) is 8.14. The van der Waals surface area contributed by atoms with Crippen molar-refractivity contribution >= 4 is 17.5 Å². The fourth-order valence-electron chi connectivity index (χ4n) is 2.89. The van der Waals surface area contributed by atoms with E-state index in [1.54, 1.807) is 24.3 Å². The largest absolute Gasteiger partial charge is 0.399 e. The van der Waals surface area contributed by atoms with Gasteiger partial charge in [-0.2, -0.15) is 0 Å². The maximum Gasteiger partial charge on any atom is 0.253 e. The van der Waals surface area contributed by atoms with Gasteiger partial charge in [0.25, 0.3) is 11.8 Å². The summed E-state index contributed by atoms with van der Waals surface area (Å²) in [4.78, 5) is 26.5. The molecule has 3 rings (SSSR count). The summed E-state index contributed by atoms with van der Waals surface area (Å²) in [7, 11) is 0. The number of likely N-dealkylation sites (tertiary alicyclic amines) is 1. The van der Waals surface area contributed by atoms with Gasteiger partial charge in [0, 0.05) is 35.9 Å². The zero-order valence-electron chi connectivity index (χ0n) is 13.4. The lowest BCUT2D eigenvalue weighted by Gasteiger charge is -2.32. The van der Waals surface area contributed by atoms with Gasteiger partial charge in [-0.05, 0) is 49.2 Å². The molecule has 124 valence electrons. The third kappa shape index (κ3) is 3.74. The molecule has 0 bridgehead atoms. The summed E-state index contributed by atoms with van der Waals surface area (Å²) in [6, 6.07) is 16.3. The highest BCUT2D eigenvalue weighted by molar-refractivity contribution is 5.95. The van der Waals surface area contributed by atoms with E-state index < -0.39 is 0 Å². The lowest BCUT2D eigenvalue weighted by molar-refractivity contribution is 0.0698. The Morgan fingerprint density at radius 1 is 0.917 bits per heavy atom. The summed E-state index contributed by atoms with van der Waals surface area (Å²) >= 11 is 0. The molecule has 0 aromatic heterocycles. The number of amides is 2. The Hall–Kier alpha value is -2.82. The number of benzene rings is 2. The van der Waals surface area contributed by atoms with Gasteiger partial charge in [0.1, 0.15) is 0 Å². The normalized spacial score (nSPS) is 15.1. The Morgan fingerprint density at radius 3 is 2.17 bits per heavy atom. The van der Waals surface area contributed by atoms with Crippen molar-refractivity contribution in [2.24, 2.45) is 0 Å². The van der Waals surface area contributed by atoms with Crippen LogP contribution in [0, 0.1) is 0 Å². The van der Waals surface area contributed by atoms with Crippen LogP contribution in [0.4, 0.5) is 5.69 Å². The van der Waals surface area contributed by atoms with Gasteiger partial charge >= 0.3 is 0 Å². The van der Waals surface area contributed by atoms with Crippen LogP contribution in [0.25, 0.3) is 0 Å². The number of carbonyl (C=O) groups excluding carboxylic acids is 2. The van der Waals surface area contributed by atoms with E-state index in [-0.39, 0.29) is 17.9 Å². The standard InChI is InChI=1S/C19H21N3O2/c20-16-8-6-14(7-9-16)18(23)21-17-10-12-22(13-11-17)19(24)15-4-2-1-3-5-15/h1-9,17H,10-13,20H2,(H,21,23). The number of nitrogens with two attached hydrogens (primary N) is 1. The molecule has 2 aromatic carbocycles. The number of nitrogen functional groups attached to an aromatic ring is 1. The van der Waals surface area contributed by atoms with Gasteiger partial charge in [0.15, 0.2) is 0 Å². The van der Waals surface area contributed by atoms with Gasteiger partial charge in [-0.3, -0.25) is 9.59 Å². The van der Waals surface area contributed by atoms with E-state index in [1.807, 2.05) is 35.2 Å². The van der Waals surface area contributed by atoms with Crippen LogP contribution in [0.15, 0.2) is 54.6 Å². The molecule has 0 spiro atoms. The monoisotopic (exact) mass is 323 g/mol. The molecule has 3 N–H and O–H groups in total. The predicted molar refractivity (Wildman–Crippen MR) is 93.7 cm³/mol. The van der Waals surface area contributed by atoms with Crippen LogP contribution in [-0.2, 0) is 0 Å². The molecule has 1 aliphatic heterocycles. The summed E-state index contributed by atoms with van der Waals surface area (Å²) in [5.41, 5.74) is 7.59. The molecule has 2 amide bonds. The molecule has 0 saturated carbocycles. The summed E-state index contributed by atoms with van der Waals surface area (Å²) in [6.07, 6.45) is 1.53. The van der Waals surface area contributed by atoms with Gasteiger partial charge in [-0.15, -0.1) is 0 Å². The van der Waals surface area contributed by atoms with Crippen LogP contribution in [0.3, 0.4) is 0 Å². The molecule has 24 heavy (non-hydrogen) atoms. The number of hydrogen-bond donors (Lipinski definition) is 2. The van der Waals surface area contributed by atoms with Gasteiger partial charge < -0.3 is 16.0 Å². The Labute approximate surface area is 141 Å². The second kappa shape index (κ2) is 7.17. The van der Waals surface area contributed by atoms with Gasteiger partial charge in [0.2, 0.25) is 0 Å². The zero-order valence-corrected chi connectivity index (χ0v) is 13.4. The average molecular weight is 323 g/mol. The highest BCUT2D eigenvalue weighted by Gasteiger charge is 2.24. The number of piperidine rings is 1. The SMILES string of the molecule is Nc1ccc(C(=O)NC2CCN(C(=O)c3ccccc3)CC2)cc1. The first-order valence-electron chi connectivity index (χ1n) is 8.14. The maximum atomic E-state index is 12.4. The molecule has 5 heteroatoms. The Morgan fingerprint density at radius 2 is 1.54 bits per heavy atom. The first kappa shape index (κ1) is 16.1. The van der Waals surface area contributed by atoms with E-state index in [0.717, 1.165) is 12.8 Å². The van der Waals surface area contributed by atoms with Crippen molar-refractivity contribution < 1.29 is 9.59 Å². The molecule has 0 radical (unpaired) electrons. The van der Waals surface area contributed by atoms with Crippen molar-refractivity contribution in [3.8, 4) is 0 Å². The molecule has 0 atom stereocenters. The lowest BCUT2D eigenvalue weighted by Crippen LogP contribution is -2.46. The number of nitrogens with one attached hydrogen (secondary N) is 1. The third-order valence-corrected chi connectivity index (χ3v) is 4.31. The van der Waals surface area contributed by atoms with Gasteiger partial charge in [0.05, 0.1) is 0 Å². The van der Waals surface area contributed by atoms with Crippen LogP contribution in [0.1, 0.15) is 33.6 Å². The fourth-order valence-corrected chi connectivity index (χ4v) is 2.89. The second-order valence-corrected chi connectivity index (χ2v) is 6.03. The second-order valence-electron chi connectivity index (χ2n) is 6.03. The zero-order chi connectivity index (χ0) is 16.9. The topological polar surface area (TPSA) is 75.4 Å². The van der Waals surface area contributed by atoms with E-state index in [1.165, 1.54) is 0 Å². The van der Waals surface area contributed by atoms with Gasteiger partial charge in [-0.1, -0.05) is 18.2 Å². The highest BCUT2D eigenvalue weighted by Crippen LogP contribution is 2.15. The molecular formula is C19H21N3O2. The summed E-state index contributed by atoms with van der Waals surface area (Å²) in [6.45, 7) is 1.31. The summed E-state index contributed by atoms with van der Waals surface area (Å²) in [5, 5.41) is 3.04. The first-order chi connectivity index (χ1) is 11.6. The minimum Gasteiger partial charge on any atom is -0.399 e. The van der Waals surface area contributed by atoms with Crippen molar-refractivity contribution in [3.05, 3.63) is 65.7 Å². The quantitative estimate of drug-likeness (QED) is 0.851. The van der Waals surface area contributed by atoms with Crippen LogP contribution in [-0.4, -0.2) is 35.8 Å². The minimum atomic E-state index is -0.0946. The molecule has 0 unspecified atom stereocenters. The molecule has 5 nitrogen and oxygen atoms in total. The van der Waals surface area contributed by atoms with Crippen LogP contribution in [0.5, 0.6) is 0 Å². The van der Waals surface area contributed by atoms with Crippen LogP contribution >= 0.6 is 0 Å². The van der Waals surface area contributed by atoms with Crippen molar-refractivity contribution in [2.75, 3.05) is 18.8 Å². The molecular weight excluding hydrogens is 302 g/mol. The third-order valence-electron chi connectivity index (χ3n) is 4.31. The minimum absolute atomic E-state index is 0.0545. The molecule has 1 saturated heterocycles. The van der Waals surface area contributed by atoms with E-state index in [4.69, 9.17) is 5.73 Å². The number of anilines is 1. The average Bonchev–Trinajstić information content (AvgIpc) is 2.63. The number of rotatable bonds is 3. The van der Waals surface area contributed by atoms with Crippen molar-refractivity contribution in [1.29, 1.82) is 0 Å². The smallest absolute Gasteiger partial charge is 0.253 e. The molecule has 1 fully saturated rings. The number of carbonyl (C=O) groups is 2. The van der Waals surface area contributed by atoms with Crippen LogP contribution < -0.4 is 11.1 Å². The van der Waals surface area contributed by atoms with E-state index in [2.05, 4.69) is 5.32 Å². The summed E-state index contributed by atoms with van der Waals surface area (Å²) in [5.74, 6) is -0.0400. The Balaban J connectivity index is 1.53. The highest BCUT2D eigenvalue weighted by atomic mass is 16.2. The molecule has 1 heterocycles. The number of hydrogen-bond acceptors (Lipinski definition) is 3. The molecule has 0 aliphatic carbocycles. The lowest BCUT2D eigenvalue weighted by atomic mass is 10.0. The number of nitrogens with zero attached hydrogens (tertiary/aromatic N) is 1. The molecule has 2 aromatic rings. The van der Waals surface area contributed by atoms with Crippen LogP contribution in [0.2, 0.25) is 0 Å². The van der Waals surface area contributed by atoms with E-state index in [0.29, 0.717) is 29.9 Å². The van der Waals surface area contributed by atoms with Gasteiger partial charge in [-0.25, -0.2) is 0 Å². The molecule has 1 aliphatic rings. The maximum absolute atomic E-state index is 12.4. The Bertz CT molecular complexity index is 705. The van der Waals surface area contributed by atoms with E-state index >= 15 is 0 Å². The fraction of sp³-hybridized carbons (Fsp3) is 0.263. The van der Waals surface area contributed by atoms with E-state index in [9.17, 15) is 9.59 Å². The summed E-state index contributed by atoms with van der Waals surface area (Å²) < 4.78 is 0. The van der Waals surface area contributed by atoms with Crippen molar-refractivity contribution in [2.45, 2.75) is 18.9 Å².